The molecule has 0 aromatic carbocycles. The van der Waals surface area contributed by atoms with Crippen LogP contribution in [0.2, 0.25) is 0 Å². The highest BCUT2D eigenvalue weighted by Crippen LogP contribution is 2.67. The molecule has 0 bridgehead atoms. The van der Waals surface area contributed by atoms with Crippen LogP contribution >= 0.6 is 0 Å². The summed E-state index contributed by atoms with van der Waals surface area (Å²) in [6, 6.07) is 0. The lowest BCUT2D eigenvalue weighted by molar-refractivity contribution is -0.0575. The van der Waals surface area contributed by atoms with Crippen molar-refractivity contribution in [2.45, 2.75) is 118 Å². The van der Waals surface area contributed by atoms with Crippen LogP contribution in [-0.2, 0) is 0 Å². The van der Waals surface area contributed by atoms with Crippen molar-refractivity contribution in [3.8, 4) is 0 Å². The summed E-state index contributed by atoms with van der Waals surface area (Å²) < 4.78 is 189. The Bertz CT molecular complexity index is 1410. The Hall–Kier alpha value is -0.300. The van der Waals surface area contributed by atoms with Crippen molar-refractivity contribution in [2.24, 2.45) is 52.2 Å². The van der Waals surface area contributed by atoms with Gasteiger partial charge in [0.1, 0.15) is 0 Å². The molecular weight excluding hydrogens is 364 g/mol. The molecule has 4 rings (SSSR count). The number of aliphatic hydroxyl groups excluding tert-OH is 1. The third-order valence-electron chi connectivity index (χ3n) is 8.85. The van der Waals surface area contributed by atoms with Crippen LogP contribution in [0.1, 0.15) is 142 Å². The van der Waals surface area contributed by atoms with Gasteiger partial charge in [-0.1, -0.05) is 65.7 Å². The van der Waals surface area contributed by atoms with Crippen LogP contribution in [-0.4, -0.2) is 11.2 Å². The van der Waals surface area contributed by atoms with Crippen LogP contribution in [0, 0.1) is 52.2 Å². The Morgan fingerprint density at radius 2 is 2.03 bits per heavy atom. The van der Waals surface area contributed by atoms with Crippen molar-refractivity contribution < 1.29 is 35.3 Å². The molecule has 0 unspecified atom stereocenters. The van der Waals surface area contributed by atoms with Crippen LogP contribution < -0.4 is 0 Å². The molecule has 30 heavy (non-hydrogen) atoms. The van der Waals surface area contributed by atoms with E-state index < -0.39 is 94.0 Å². The second kappa shape index (κ2) is 8.57. The van der Waals surface area contributed by atoms with E-state index in [1.807, 2.05) is 6.08 Å². The SMILES string of the molecule is [2H]C([2H])([2H])C([2H])([2H])[C@@]([2H])(C([2H])([2H])C([2H])([2H])[C@]([2H])(C([2H])([2H])[2H])[C@@]1([2H])CC[C@H]2[C@@H]3CC=C4C[C@@H](O)CC[C@]4(C)[C@H]3CC[C@@]21C)C([2H])(C([2H])([2H])[2H])C([2H])([2H])[2H]. The lowest BCUT2D eigenvalue weighted by Crippen LogP contribution is -2.50. The maximum atomic E-state index is 10.4. The molecular formula is C29H50O. The van der Waals surface area contributed by atoms with E-state index in [9.17, 15) is 12.0 Å². The summed E-state index contributed by atoms with van der Waals surface area (Å²) in [4.78, 5) is 0. The van der Waals surface area contributed by atoms with Gasteiger partial charge >= 0.3 is 0 Å². The third-order valence-corrected chi connectivity index (χ3v) is 8.85. The number of hydrogen-bond acceptors (Lipinski definition) is 1. The highest BCUT2D eigenvalue weighted by Gasteiger charge is 2.59. The van der Waals surface area contributed by atoms with E-state index in [0.29, 0.717) is 32.1 Å². The maximum absolute atomic E-state index is 10.4. The van der Waals surface area contributed by atoms with Crippen LogP contribution in [0.4, 0.5) is 0 Å². The van der Waals surface area contributed by atoms with E-state index in [2.05, 4.69) is 6.92 Å². The topological polar surface area (TPSA) is 20.2 Å². The molecule has 172 valence electrons. The first-order valence-corrected chi connectivity index (χ1v) is 11.2. The van der Waals surface area contributed by atoms with Crippen LogP contribution in [0.25, 0.3) is 0 Å². The van der Waals surface area contributed by atoms with Gasteiger partial charge in [-0.25, -0.2) is 0 Å². The van der Waals surface area contributed by atoms with Crippen molar-refractivity contribution in [3.05, 3.63) is 11.6 Å². The smallest absolute Gasteiger partial charge is 0.0577 e. The first-order chi connectivity index (χ1) is 22.8. The minimum absolute atomic E-state index is 0.0199. The summed E-state index contributed by atoms with van der Waals surface area (Å²) >= 11 is 0. The molecule has 1 nitrogen and oxygen atoms in total. The predicted octanol–water partition coefficient (Wildman–Crippen LogP) is 8.02. The lowest BCUT2D eigenvalue weighted by Gasteiger charge is -2.58. The van der Waals surface area contributed by atoms with Gasteiger partial charge in [0.15, 0.2) is 0 Å². The van der Waals surface area contributed by atoms with Crippen molar-refractivity contribution in [3.63, 3.8) is 0 Å². The molecule has 0 aromatic rings. The Balaban J connectivity index is 2.01. The first kappa shape index (κ1) is 8.18. The summed E-state index contributed by atoms with van der Waals surface area (Å²) in [6.45, 7) is -13.5. The third kappa shape index (κ3) is 3.74. The van der Waals surface area contributed by atoms with E-state index in [1.165, 1.54) is 6.92 Å². The maximum Gasteiger partial charge on any atom is 0.0577 e. The molecule has 1 heteroatoms. The fourth-order valence-electron chi connectivity index (χ4n) is 7.22. The summed E-state index contributed by atoms with van der Waals surface area (Å²) in [6.07, 6.45) is -10.3. The Morgan fingerprint density at radius 1 is 1.17 bits per heavy atom. The fraction of sp³-hybridized carbons (Fsp3) is 0.931. The molecule has 1 N–H and O–H groups in total. The molecule has 0 radical (unpaired) electrons. The molecule has 0 saturated heterocycles. The van der Waals surface area contributed by atoms with Gasteiger partial charge in [0.25, 0.3) is 0 Å². The predicted molar refractivity (Wildman–Crippen MR) is 128 cm³/mol. The highest BCUT2D eigenvalue weighted by molar-refractivity contribution is 5.25. The number of rotatable bonds is 6. The van der Waals surface area contributed by atoms with Gasteiger partial charge in [0, 0.05) is 30.2 Å². The zero-order valence-corrected chi connectivity index (χ0v) is 18.0. The van der Waals surface area contributed by atoms with Gasteiger partial charge < -0.3 is 5.11 Å². The molecule has 0 aliphatic heterocycles. The monoisotopic (exact) mass is 437 g/mol. The van der Waals surface area contributed by atoms with Crippen LogP contribution in [0.15, 0.2) is 11.6 Å². The Labute approximate surface area is 218 Å². The number of hydrogen-bond donors (Lipinski definition) is 1. The molecule has 9 atom stereocenters. The second-order valence-corrected chi connectivity index (χ2v) is 10.1. The van der Waals surface area contributed by atoms with Gasteiger partial charge in [-0.3, -0.25) is 0 Å². The lowest BCUT2D eigenvalue weighted by atomic mass is 9.47. The van der Waals surface area contributed by atoms with E-state index in [1.54, 1.807) is 0 Å². The van der Waals surface area contributed by atoms with Gasteiger partial charge in [-0.05, 0) is 110 Å². The first-order valence-electron chi connectivity index (χ1n) is 22.2. The second-order valence-electron chi connectivity index (χ2n) is 10.1. The van der Waals surface area contributed by atoms with Crippen LogP contribution in [0.5, 0.6) is 0 Å². The van der Waals surface area contributed by atoms with Crippen molar-refractivity contribution >= 4 is 0 Å². The van der Waals surface area contributed by atoms with Crippen LogP contribution in [0.3, 0.4) is 0 Å². The zero-order chi connectivity index (χ0) is 40.8. The molecule has 0 heterocycles. The van der Waals surface area contributed by atoms with E-state index in [0.717, 1.165) is 5.57 Å². The Kier molecular flexibility index (Phi) is 2.33. The fourth-order valence-corrected chi connectivity index (χ4v) is 7.22. The highest BCUT2D eigenvalue weighted by atomic mass is 16.3. The normalized spacial score (nSPS) is 64.2. The largest absolute Gasteiger partial charge is 0.393 e. The quantitative estimate of drug-likeness (QED) is 0.418. The minimum atomic E-state index is -5.01. The summed E-state index contributed by atoms with van der Waals surface area (Å²) in [7, 11) is 0. The summed E-state index contributed by atoms with van der Waals surface area (Å²) in [5.74, 6) is -17.3. The average molecular weight is 437 g/mol. The van der Waals surface area contributed by atoms with E-state index in [-0.39, 0.29) is 30.1 Å². The standard InChI is InChI=1S/C29H50O/c1-7-21(19(2)3)9-8-20(4)25-12-13-26-24-11-10-22-18-23(30)14-16-28(22,5)27(24)15-17-29(25,26)6/h10,19-21,23-27,30H,7-9,11-18H2,1-6H3/t20-,21-,23-,24-,25+,26-,27-,28-,29+/m0/s1/i1D3,2D3,3D3,4D3,7D2,8D2,9D2,19D,20D,21D,25D. The summed E-state index contributed by atoms with van der Waals surface area (Å²) in [5, 5.41) is 10.4. The van der Waals surface area contributed by atoms with E-state index >= 15 is 0 Å². The molecule has 0 aromatic heterocycles. The van der Waals surface area contributed by atoms with Crippen molar-refractivity contribution in [1.29, 1.82) is 0 Å². The molecule has 0 spiro atoms. The summed E-state index contributed by atoms with van der Waals surface area (Å²) in [5.41, 5.74) is -0.770. The number of allylic oxidation sites excluding steroid dienone is 1. The van der Waals surface area contributed by atoms with Gasteiger partial charge in [-0.2, -0.15) is 0 Å². The van der Waals surface area contributed by atoms with Gasteiger partial charge in [-0.15, -0.1) is 0 Å². The zero-order valence-electron chi connectivity index (χ0n) is 40.0. The molecule has 4 aliphatic carbocycles. The average Bonchev–Trinajstić information content (AvgIpc) is 3.24. The molecule has 3 fully saturated rings. The van der Waals surface area contributed by atoms with Crippen molar-refractivity contribution in [2.75, 3.05) is 0 Å². The Morgan fingerprint density at radius 3 is 2.80 bits per heavy atom. The molecule has 0 amide bonds. The van der Waals surface area contributed by atoms with Crippen molar-refractivity contribution in [1.82, 2.24) is 0 Å². The minimum Gasteiger partial charge on any atom is -0.393 e. The number of fused-ring (bicyclic) bond motifs is 5. The van der Waals surface area contributed by atoms with E-state index in [4.69, 9.17) is 23.3 Å². The molecule has 3 saturated carbocycles. The van der Waals surface area contributed by atoms with Gasteiger partial charge in [0.2, 0.25) is 0 Å². The van der Waals surface area contributed by atoms with Gasteiger partial charge in [0.05, 0.1) is 6.10 Å². The molecule has 4 aliphatic rings. The number of aliphatic hydroxyl groups is 1.